The van der Waals surface area contributed by atoms with Crippen LogP contribution in [-0.2, 0) is 10.5 Å². The zero-order chi connectivity index (χ0) is 28.0. The van der Waals surface area contributed by atoms with Gasteiger partial charge in [-0.1, -0.05) is 59.6 Å². The molecule has 0 spiro atoms. The summed E-state index contributed by atoms with van der Waals surface area (Å²) in [5.41, 5.74) is 0.132. The quantitative estimate of drug-likeness (QED) is 0.0761. The predicted octanol–water partition coefficient (Wildman–Crippen LogP) is 8.94. The molecule has 0 atom stereocenters. The molecule has 0 radical (unpaired) electrons. The van der Waals surface area contributed by atoms with Crippen LogP contribution in [0.4, 0.5) is 27.6 Å². The van der Waals surface area contributed by atoms with Gasteiger partial charge in [0.2, 0.25) is 5.82 Å². The molecular formula is C28H15Cl2F5N2OS. The van der Waals surface area contributed by atoms with Gasteiger partial charge in [0, 0.05) is 10.6 Å². The highest BCUT2D eigenvalue weighted by Crippen LogP contribution is 2.37. The minimum atomic E-state index is -2.32. The highest BCUT2D eigenvalue weighted by molar-refractivity contribution is 7.98. The second kappa shape index (κ2) is 10.6. The molecule has 0 fully saturated rings. The number of carbonyl (C=O) groups is 1. The highest BCUT2D eigenvalue weighted by atomic mass is 35.5. The molecule has 5 rings (SSSR count). The second-order valence-corrected chi connectivity index (χ2v) is 10.3. The van der Waals surface area contributed by atoms with E-state index in [0.717, 1.165) is 21.2 Å². The van der Waals surface area contributed by atoms with E-state index in [1.165, 1.54) is 13.0 Å². The minimum absolute atomic E-state index is 0.0473. The van der Waals surface area contributed by atoms with Crippen molar-refractivity contribution in [2.45, 2.75) is 17.6 Å². The monoisotopic (exact) mass is 592 g/mol. The standard InChI is InChI=1S/C28H15Cl2F5N2OS/c1-13-18(28(38)37(36-13)27-25(34)23(32)22(31)24(33)26(27)35)11-15-7-9-21(17-5-3-2-4-16(15)17)39-12-14-6-8-19(29)20(30)10-14/h2-11H,12H2,1H3/b18-11+. The molecule has 4 aromatic rings. The van der Waals surface area contributed by atoms with Crippen molar-refractivity contribution in [3.8, 4) is 0 Å². The summed E-state index contributed by atoms with van der Waals surface area (Å²) in [6.45, 7) is 1.40. The van der Waals surface area contributed by atoms with E-state index in [4.69, 9.17) is 23.2 Å². The van der Waals surface area contributed by atoms with Gasteiger partial charge in [-0.2, -0.15) is 10.1 Å². The number of carbonyl (C=O) groups excluding carboxylic acids is 1. The van der Waals surface area contributed by atoms with Crippen LogP contribution >= 0.6 is 35.0 Å². The molecule has 4 aromatic carbocycles. The molecule has 0 aliphatic carbocycles. The lowest BCUT2D eigenvalue weighted by atomic mass is 10.0. The van der Waals surface area contributed by atoms with Crippen molar-refractivity contribution in [1.82, 2.24) is 0 Å². The van der Waals surface area contributed by atoms with Gasteiger partial charge in [-0.05, 0) is 53.1 Å². The van der Waals surface area contributed by atoms with Crippen molar-refractivity contribution in [2.24, 2.45) is 5.10 Å². The van der Waals surface area contributed by atoms with Crippen molar-refractivity contribution in [3.05, 3.63) is 110 Å². The summed E-state index contributed by atoms with van der Waals surface area (Å²) < 4.78 is 69.8. The Bertz CT molecular complexity index is 1710. The molecule has 3 nitrogen and oxygen atoms in total. The van der Waals surface area contributed by atoms with Gasteiger partial charge in [0.25, 0.3) is 5.91 Å². The molecule has 39 heavy (non-hydrogen) atoms. The van der Waals surface area contributed by atoms with Crippen LogP contribution in [0.25, 0.3) is 16.8 Å². The van der Waals surface area contributed by atoms with Gasteiger partial charge in [0.15, 0.2) is 23.3 Å². The van der Waals surface area contributed by atoms with E-state index in [-0.39, 0.29) is 16.3 Å². The Morgan fingerprint density at radius 1 is 0.846 bits per heavy atom. The molecule has 0 bridgehead atoms. The number of hydrogen-bond acceptors (Lipinski definition) is 3. The maximum Gasteiger partial charge on any atom is 0.280 e. The molecule has 0 saturated carbocycles. The van der Waals surface area contributed by atoms with Gasteiger partial charge >= 0.3 is 0 Å². The summed E-state index contributed by atoms with van der Waals surface area (Å²) in [4.78, 5) is 14.0. The summed E-state index contributed by atoms with van der Waals surface area (Å²) in [6.07, 6.45) is 1.48. The molecule has 0 N–H and O–H groups in total. The summed E-state index contributed by atoms with van der Waals surface area (Å²) in [5, 5.41) is 6.58. The number of benzene rings is 4. The Morgan fingerprint density at radius 3 is 2.15 bits per heavy atom. The van der Waals surface area contributed by atoms with Gasteiger partial charge in [-0.3, -0.25) is 4.79 Å². The molecule has 0 unspecified atom stereocenters. The van der Waals surface area contributed by atoms with E-state index in [1.54, 1.807) is 30.0 Å². The lowest BCUT2D eigenvalue weighted by molar-refractivity contribution is -0.114. The third kappa shape index (κ3) is 4.90. The molecule has 1 heterocycles. The van der Waals surface area contributed by atoms with Crippen LogP contribution in [0.3, 0.4) is 0 Å². The van der Waals surface area contributed by atoms with E-state index in [0.29, 0.717) is 21.4 Å². The average molecular weight is 593 g/mol. The Labute approximate surface area is 233 Å². The van der Waals surface area contributed by atoms with Crippen molar-refractivity contribution in [3.63, 3.8) is 0 Å². The fourth-order valence-corrected chi connectivity index (χ4v) is 5.43. The molecule has 11 heteroatoms. The van der Waals surface area contributed by atoms with Gasteiger partial charge in [0.1, 0.15) is 5.69 Å². The van der Waals surface area contributed by atoms with Crippen LogP contribution in [0.2, 0.25) is 10.0 Å². The Morgan fingerprint density at radius 2 is 1.49 bits per heavy atom. The molecule has 1 aliphatic heterocycles. The molecule has 198 valence electrons. The molecule has 1 aliphatic rings. The molecule has 0 saturated heterocycles. The van der Waals surface area contributed by atoms with Crippen LogP contribution in [0.15, 0.2) is 70.2 Å². The summed E-state index contributed by atoms with van der Waals surface area (Å²) >= 11 is 13.7. The number of fused-ring (bicyclic) bond motifs is 1. The zero-order valence-corrected chi connectivity index (χ0v) is 22.2. The van der Waals surface area contributed by atoms with E-state index in [9.17, 15) is 26.7 Å². The van der Waals surface area contributed by atoms with Crippen molar-refractivity contribution < 1.29 is 26.7 Å². The Kier molecular flexibility index (Phi) is 7.41. The first kappa shape index (κ1) is 27.2. The van der Waals surface area contributed by atoms with Crippen LogP contribution in [0.1, 0.15) is 18.1 Å². The second-order valence-electron chi connectivity index (χ2n) is 8.51. The predicted molar refractivity (Wildman–Crippen MR) is 145 cm³/mol. The van der Waals surface area contributed by atoms with E-state index in [1.807, 2.05) is 36.4 Å². The van der Waals surface area contributed by atoms with Crippen LogP contribution in [-0.4, -0.2) is 11.6 Å². The topological polar surface area (TPSA) is 32.7 Å². The maximum atomic E-state index is 14.4. The SMILES string of the molecule is CC1=NN(c2c(F)c(F)c(F)c(F)c2F)C(=O)/C1=C/c1ccc(SCc2ccc(Cl)c(Cl)c2)c2ccccc12. The number of hydrogen-bond donors (Lipinski definition) is 0. The van der Waals surface area contributed by atoms with Gasteiger partial charge in [-0.25, -0.2) is 22.0 Å². The van der Waals surface area contributed by atoms with E-state index < -0.39 is 40.7 Å². The van der Waals surface area contributed by atoms with Gasteiger partial charge in [-0.15, -0.1) is 11.8 Å². The van der Waals surface area contributed by atoms with E-state index >= 15 is 0 Å². The first-order chi connectivity index (χ1) is 18.6. The Hall–Kier alpha value is -3.40. The fraction of sp³-hybridized carbons (Fsp3) is 0.0714. The summed E-state index contributed by atoms with van der Waals surface area (Å²) in [5.74, 6) is -11.4. The van der Waals surface area contributed by atoms with Crippen LogP contribution < -0.4 is 5.01 Å². The smallest absolute Gasteiger partial charge is 0.267 e. The normalized spacial score (nSPS) is 14.6. The lowest BCUT2D eigenvalue weighted by Crippen LogP contribution is -2.25. The fourth-order valence-electron chi connectivity index (χ4n) is 4.11. The van der Waals surface area contributed by atoms with Crippen LogP contribution in [0, 0.1) is 29.1 Å². The number of halogens is 7. The molecule has 0 aromatic heterocycles. The zero-order valence-electron chi connectivity index (χ0n) is 19.8. The minimum Gasteiger partial charge on any atom is -0.267 e. The highest BCUT2D eigenvalue weighted by Gasteiger charge is 2.37. The first-order valence-electron chi connectivity index (χ1n) is 11.3. The van der Waals surface area contributed by atoms with Crippen molar-refractivity contribution in [2.75, 3.05) is 5.01 Å². The summed E-state index contributed by atoms with van der Waals surface area (Å²) in [6, 6.07) is 16.5. The van der Waals surface area contributed by atoms with Crippen molar-refractivity contribution in [1.29, 1.82) is 0 Å². The third-order valence-corrected chi connectivity index (χ3v) is 7.94. The number of rotatable bonds is 5. The van der Waals surface area contributed by atoms with Crippen LogP contribution in [0.5, 0.6) is 0 Å². The third-order valence-electron chi connectivity index (χ3n) is 6.06. The Balaban J connectivity index is 1.50. The number of nitrogens with zero attached hydrogens (tertiary/aromatic N) is 2. The van der Waals surface area contributed by atoms with Gasteiger partial charge < -0.3 is 0 Å². The maximum absolute atomic E-state index is 14.4. The van der Waals surface area contributed by atoms with Gasteiger partial charge in [0.05, 0.1) is 21.3 Å². The average Bonchev–Trinajstić information content (AvgIpc) is 3.20. The number of hydrazone groups is 1. The molecule has 1 amide bonds. The number of thioether (sulfide) groups is 1. The van der Waals surface area contributed by atoms with E-state index in [2.05, 4.69) is 5.10 Å². The lowest BCUT2D eigenvalue weighted by Gasteiger charge is -2.15. The summed E-state index contributed by atoms with van der Waals surface area (Å²) in [7, 11) is 0. The number of anilines is 1. The first-order valence-corrected chi connectivity index (χ1v) is 13.0. The number of amides is 1. The molecular weight excluding hydrogens is 578 g/mol. The van der Waals surface area contributed by atoms with Crippen molar-refractivity contribution >= 4 is 69.1 Å². The largest absolute Gasteiger partial charge is 0.280 e.